The van der Waals surface area contributed by atoms with E-state index in [-0.39, 0.29) is 12.2 Å². The Kier molecular flexibility index (Phi) is 6.61. The fourth-order valence-corrected chi connectivity index (χ4v) is 4.72. The molecule has 1 N–H and O–H groups in total. The largest absolute Gasteiger partial charge is 0.368 e. The van der Waals surface area contributed by atoms with E-state index in [2.05, 4.69) is 5.32 Å². The van der Waals surface area contributed by atoms with Crippen molar-refractivity contribution in [2.45, 2.75) is 45.7 Å². The van der Waals surface area contributed by atoms with Crippen molar-refractivity contribution in [3.63, 3.8) is 0 Å². The third-order valence-electron chi connectivity index (χ3n) is 3.22. The van der Waals surface area contributed by atoms with E-state index < -0.39 is 13.4 Å². The monoisotopic (exact) mass is 347 g/mol. The van der Waals surface area contributed by atoms with E-state index in [1.54, 1.807) is 0 Å². The van der Waals surface area contributed by atoms with Crippen molar-refractivity contribution in [1.82, 2.24) is 0 Å². The van der Waals surface area contributed by atoms with E-state index >= 15 is 0 Å². The SMILES string of the molecule is CC(C)OP(=O)(OC(C)C)C(Nc1ccccc1)c1ccccc1. The van der Waals surface area contributed by atoms with Gasteiger partial charge in [0.25, 0.3) is 0 Å². The first-order chi connectivity index (χ1) is 11.4. The Bertz CT molecular complexity index is 645. The Morgan fingerprint density at radius 3 is 1.71 bits per heavy atom. The summed E-state index contributed by atoms with van der Waals surface area (Å²) in [4.78, 5) is 0. The third-order valence-corrected chi connectivity index (χ3v) is 5.71. The fraction of sp³-hybridized carbons (Fsp3) is 0.368. The molecule has 0 radical (unpaired) electrons. The Hall–Kier alpha value is -1.61. The van der Waals surface area contributed by atoms with Gasteiger partial charge >= 0.3 is 7.60 Å². The lowest BCUT2D eigenvalue weighted by atomic mass is 10.2. The highest BCUT2D eigenvalue weighted by Crippen LogP contribution is 2.62. The van der Waals surface area contributed by atoms with E-state index in [0.717, 1.165) is 11.3 Å². The number of para-hydroxylation sites is 1. The minimum atomic E-state index is -3.44. The smallest absolute Gasteiger partial charge is 0.357 e. The minimum absolute atomic E-state index is 0.210. The molecule has 4 nitrogen and oxygen atoms in total. The number of benzene rings is 2. The highest BCUT2D eigenvalue weighted by atomic mass is 31.2. The summed E-state index contributed by atoms with van der Waals surface area (Å²) in [5.74, 6) is -0.578. The lowest BCUT2D eigenvalue weighted by molar-refractivity contribution is 0.138. The highest BCUT2D eigenvalue weighted by Gasteiger charge is 2.39. The van der Waals surface area contributed by atoms with Crippen LogP contribution in [0.3, 0.4) is 0 Å². The molecule has 0 fully saturated rings. The molecule has 0 aliphatic rings. The molecule has 2 aromatic carbocycles. The quantitative estimate of drug-likeness (QED) is 0.609. The van der Waals surface area contributed by atoms with Crippen molar-refractivity contribution in [3.8, 4) is 0 Å². The summed E-state index contributed by atoms with van der Waals surface area (Å²) in [6.07, 6.45) is -0.420. The van der Waals surface area contributed by atoms with Crippen LogP contribution in [-0.2, 0) is 13.6 Å². The Labute approximate surface area is 144 Å². The molecule has 1 unspecified atom stereocenters. The van der Waals surface area contributed by atoms with Crippen LogP contribution in [0.25, 0.3) is 0 Å². The summed E-state index contributed by atoms with van der Waals surface area (Å²) in [6, 6.07) is 19.3. The minimum Gasteiger partial charge on any atom is -0.368 e. The van der Waals surface area contributed by atoms with Gasteiger partial charge in [-0.15, -0.1) is 0 Å². The van der Waals surface area contributed by atoms with Crippen LogP contribution in [0.15, 0.2) is 60.7 Å². The van der Waals surface area contributed by atoms with Crippen LogP contribution in [-0.4, -0.2) is 12.2 Å². The molecule has 0 heterocycles. The first kappa shape index (κ1) is 18.7. The zero-order valence-corrected chi connectivity index (χ0v) is 15.6. The summed E-state index contributed by atoms with van der Waals surface area (Å²) < 4.78 is 25.2. The van der Waals surface area contributed by atoms with Crippen molar-refractivity contribution in [3.05, 3.63) is 66.2 Å². The number of hydrogen-bond acceptors (Lipinski definition) is 4. The maximum absolute atomic E-state index is 13.6. The number of rotatable bonds is 8. The highest BCUT2D eigenvalue weighted by molar-refractivity contribution is 7.54. The van der Waals surface area contributed by atoms with E-state index in [9.17, 15) is 4.57 Å². The van der Waals surface area contributed by atoms with Gasteiger partial charge in [-0.1, -0.05) is 48.5 Å². The Morgan fingerprint density at radius 2 is 1.25 bits per heavy atom. The summed E-state index contributed by atoms with van der Waals surface area (Å²) in [5.41, 5.74) is 1.73. The number of hydrogen-bond donors (Lipinski definition) is 1. The Morgan fingerprint density at radius 1 is 0.792 bits per heavy atom. The molecule has 0 aliphatic carbocycles. The van der Waals surface area contributed by atoms with Gasteiger partial charge < -0.3 is 14.4 Å². The van der Waals surface area contributed by atoms with Crippen LogP contribution >= 0.6 is 7.60 Å². The molecule has 0 amide bonds. The predicted octanol–water partition coefficient (Wildman–Crippen LogP) is 5.84. The zero-order valence-electron chi connectivity index (χ0n) is 14.7. The lowest BCUT2D eigenvalue weighted by Gasteiger charge is -2.31. The molecular formula is C19H26NO3P. The molecule has 0 aromatic heterocycles. The van der Waals surface area contributed by atoms with E-state index in [1.807, 2.05) is 88.4 Å². The second-order valence-corrected chi connectivity index (χ2v) is 8.19. The van der Waals surface area contributed by atoms with Crippen LogP contribution in [0.5, 0.6) is 0 Å². The van der Waals surface area contributed by atoms with Gasteiger partial charge in [-0.25, -0.2) is 0 Å². The van der Waals surface area contributed by atoms with Gasteiger partial charge in [-0.2, -0.15) is 0 Å². The average Bonchev–Trinajstić information content (AvgIpc) is 2.52. The second kappa shape index (κ2) is 8.48. The van der Waals surface area contributed by atoms with Gasteiger partial charge in [-0.05, 0) is 45.4 Å². The van der Waals surface area contributed by atoms with E-state index in [0.29, 0.717) is 0 Å². The molecular weight excluding hydrogens is 321 g/mol. The van der Waals surface area contributed by atoms with Gasteiger partial charge in [0.2, 0.25) is 0 Å². The average molecular weight is 347 g/mol. The van der Waals surface area contributed by atoms with Crippen LogP contribution in [0.2, 0.25) is 0 Å². The van der Waals surface area contributed by atoms with Crippen LogP contribution in [0.4, 0.5) is 5.69 Å². The molecule has 2 rings (SSSR count). The van der Waals surface area contributed by atoms with Crippen LogP contribution in [0, 0.1) is 0 Å². The standard InChI is InChI=1S/C19H26NO3P/c1-15(2)22-24(21,23-16(3)4)19(17-11-7-5-8-12-17)20-18-13-9-6-10-14-18/h5-16,19-20H,1-4H3. The van der Waals surface area contributed by atoms with Crippen molar-refractivity contribution >= 4 is 13.3 Å². The number of anilines is 1. The van der Waals surface area contributed by atoms with Gasteiger partial charge in [0, 0.05) is 5.69 Å². The van der Waals surface area contributed by atoms with Crippen LogP contribution < -0.4 is 5.32 Å². The molecule has 0 bridgehead atoms. The molecule has 2 aromatic rings. The first-order valence-corrected chi connectivity index (χ1v) is 9.85. The van der Waals surface area contributed by atoms with Crippen molar-refractivity contribution in [2.24, 2.45) is 0 Å². The molecule has 5 heteroatoms. The fourth-order valence-electron chi connectivity index (χ4n) is 2.41. The van der Waals surface area contributed by atoms with Gasteiger partial charge in [0.05, 0.1) is 12.2 Å². The molecule has 130 valence electrons. The van der Waals surface area contributed by atoms with Crippen molar-refractivity contribution in [2.75, 3.05) is 5.32 Å². The lowest BCUT2D eigenvalue weighted by Crippen LogP contribution is -2.19. The van der Waals surface area contributed by atoms with Crippen molar-refractivity contribution in [1.29, 1.82) is 0 Å². The summed E-state index contributed by atoms with van der Waals surface area (Å²) in [6.45, 7) is 7.45. The maximum Gasteiger partial charge on any atom is 0.357 e. The third kappa shape index (κ3) is 5.20. The molecule has 24 heavy (non-hydrogen) atoms. The normalized spacial score (nSPS) is 13.2. The molecule has 0 saturated carbocycles. The van der Waals surface area contributed by atoms with Crippen molar-refractivity contribution < 1.29 is 13.6 Å². The zero-order chi connectivity index (χ0) is 17.6. The first-order valence-electron chi connectivity index (χ1n) is 8.24. The molecule has 1 atom stereocenters. The molecule has 0 aliphatic heterocycles. The van der Waals surface area contributed by atoms with E-state index in [1.165, 1.54) is 0 Å². The van der Waals surface area contributed by atoms with Gasteiger partial charge in [-0.3, -0.25) is 4.57 Å². The van der Waals surface area contributed by atoms with Crippen LogP contribution in [0.1, 0.15) is 39.0 Å². The number of nitrogens with one attached hydrogen (secondary N) is 1. The molecule has 0 saturated heterocycles. The van der Waals surface area contributed by atoms with Gasteiger partial charge in [0.15, 0.2) is 5.78 Å². The predicted molar refractivity (Wildman–Crippen MR) is 99.3 cm³/mol. The molecule has 0 spiro atoms. The topological polar surface area (TPSA) is 47.6 Å². The Balaban J connectivity index is 2.43. The summed E-state index contributed by atoms with van der Waals surface area (Å²) in [5, 5.41) is 3.33. The van der Waals surface area contributed by atoms with Gasteiger partial charge in [0.1, 0.15) is 0 Å². The second-order valence-electron chi connectivity index (χ2n) is 6.17. The summed E-state index contributed by atoms with van der Waals surface area (Å²) in [7, 11) is -3.44. The van der Waals surface area contributed by atoms with E-state index in [4.69, 9.17) is 9.05 Å². The maximum atomic E-state index is 13.6. The summed E-state index contributed by atoms with van der Waals surface area (Å²) >= 11 is 0.